The third kappa shape index (κ3) is 2.11. The van der Waals surface area contributed by atoms with Gasteiger partial charge in [0.1, 0.15) is 5.76 Å². The number of nitrogens with zero attached hydrogens (tertiary/aromatic N) is 1. The second-order valence-electron chi connectivity index (χ2n) is 5.37. The molecule has 6 heteroatoms. The fourth-order valence-corrected chi connectivity index (χ4v) is 2.80. The predicted molar refractivity (Wildman–Crippen MR) is 90.3 cm³/mol. The molecule has 4 aromatic rings. The van der Waals surface area contributed by atoms with E-state index in [1.54, 1.807) is 38.6 Å². The Hall–Kier alpha value is -3.28. The van der Waals surface area contributed by atoms with Gasteiger partial charge in [0.05, 0.1) is 31.3 Å². The van der Waals surface area contributed by atoms with Gasteiger partial charge >= 0.3 is 0 Å². The Balaban J connectivity index is 2.00. The maximum absolute atomic E-state index is 8.31. The van der Waals surface area contributed by atoms with Crippen LogP contribution in [0.2, 0.25) is 0 Å². The van der Waals surface area contributed by atoms with Crippen molar-refractivity contribution in [3.63, 3.8) is 0 Å². The first kappa shape index (κ1) is 14.3. The Labute approximate surface area is 137 Å². The molecule has 0 atom stereocenters. The molecule has 120 valence electrons. The van der Waals surface area contributed by atoms with Gasteiger partial charge in [-0.2, -0.15) is 5.10 Å². The third-order valence-electron chi connectivity index (χ3n) is 4.00. The minimum Gasteiger partial charge on any atom is -0.493 e. The number of aromatic nitrogens is 2. The predicted octanol–water partition coefficient (Wildman–Crippen LogP) is 3.47. The van der Waals surface area contributed by atoms with Crippen LogP contribution < -0.4 is 14.8 Å². The van der Waals surface area contributed by atoms with Crippen molar-refractivity contribution < 1.29 is 13.9 Å². The SMILES string of the molecule is COc1ccc2c(=N)cc(-c3ccc4[nH]ncc4c3)oc2c1OC. The number of hydrogen-bond acceptors (Lipinski definition) is 5. The van der Waals surface area contributed by atoms with Crippen LogP contribution in [0.3, 0.4) is 0 Å². The number of hydrogen-bond donors (Lipinski definition) is 2. The summed E-state index contributed by atoms with van der Waals surface area (Å²) in [5.41, 5.74) is 2.31. The topological polar surface area (TPSA) is 84.1 Å². The van der Waals surface area contributed by atoms with Gasteiger partial charge in [0.2, 0.25) is 5.75 Å². The molecule has 2 heterocycles. The first-order valence-electron chi connectivity index (χ1n) is 7.38. The molecule has 2 aromatic heterocycles. The van der Waals surface area contributed by atoms with Crippen molar-refractivity contribution in [2.75, 3.05) is 14.2 Å². The van der Waals surface area contributed by atoms with Crippen molar-refractivity contribution in [1.29, 1.82) is 5.41 Å². The maximum atomic E-state index is 8.31. The molecule has 0 spiro atoms. The minimum absolute atomic E-state index is 0.361. The van der Waals surface area contributed by atoms with Gasteiger partial charge in [-0.3, -0.25) is 10.5 Å². The normalized spacial score (nSPS) is 11.1. The highest BCUT2D eigenvalue weighted by molar-refractivity contribution is 5.88. The minimum atomic E-state index is 0.361. The Morgan fingerprint density at radius 3 is 2.75 bits per heavy atom. The van der Waals surface area contributed by atoms with E-state index in [1.165, 1.54) is 0 Å². The van der Waals surface area contributed by atoms with Gasteiger partial charge in [-0.25, -0.2) is 0 Å². The van der Waals surface area contributed by atoms with Crippen molar-refractivity contribution in [3.05, 3.63) is 48.0 Å². The molecule has 0 unspecified atom stereocenters. The molecule has 2 aromatic carbocycles. The van der Waals surface area contributed by atoms with Gasteiger partial charge in [-0.1, -0.05) is 0 Å². The largest absolute Gasteiger partial charge is 0.493 e. The first-order chi connectivity index (χ1) is 11.7. The van der Waals surface area contributed by atoms with E-state index in [0.29, 0.717) is 33.6 Å². The zero-order valence-corrected chi connectivity index (χ0v) is 13.2. The summed E-state index contributed by atoms with van der Waals surface area (Å²) in [5.74, 6) is 1.63. The van der Waals surface area contributed by atoms with E-state index in [1.807, 2.05) is 18.2 Å². The van der Waals surface area contributed by atoms with Crippen molar-refractivity contribution in [2.24, 2.45) is 0 Å². The molecular weight excluding hydrogens is 306 g/mol. The van der Waals surface area contributed by atoms with Crippen molar-refractivity contribution in [2.45, 2.75) is 0 Å². The summed E-state index contributed by atoms with van der Waals surface area (Å²) < 4.78 is 16.8. The molecule has 0 saturated carbocycles. The lowest BCUT2D eigenvalue weighted by molar-refractivity contribution is 0.353. The maximum Gasteiger partial charge on any atom is 0.204 e. The summed E-state index contributed by atoms with van der Waals surface area (Å²) in [6.45, 7) is 0. The molecule has 24 heavy (non-hydrogen) atoms. The van der Waals surface area contributed by atoms with Gasteiger partial charge < -0.3 is 13.9 Å². The number of nitrogens with one attached hydrogen (secondary N) is 2. The Morgan fingerprint density at radius 1 is 1.08 bits per heavy atom. The summed E-state index contributed by atoms with van der Waals surface area (Å²) in [6, 6.07) is 11.1. The average Bonchev–Trinajstić information content (AvgIpc) is 3.08. The van der Waals surface area contributed by atoms with Crippen LogP contribution in [-0.4, -0.2) is 24.4 Å². The lowest BCUT2D eigenvalue weighted by Gasteiger charge is -2.11. The summed E-state index contributed by atoms with van der Waals surface area (Å²) in [5, 5.41) is 17.3. The van der Waals surface area contributed by atoms with E-state index in [9.17, 15) is 0 Å². The lowest BCUT2D eigenvalue weighted by atomic mass is 10.1. The molecule has 0 saturated heterocycles. The molecule has 0 fully saturated rings. The highest BCUT2D eigenvalue weighted by atomic mass is 16.5. The molecule has 0 amide bonds. The fraction of sp³-hybridized carbons (Fsp3) is 0.111. The van der Waals surface area contributed by atoms with Crippen molar-refractivity contribution in [1.82, 2.24) is 10.2 Å². The molecule has 2 N–H and O–H groups in total. The van der Waals surface area contributed by atoms with Crippen molar-refractivity contribution >= 4 is 21.9 Å². The van der Waals surface area contributed by atoms with Gasteiger partial charge in [-0.15, -0.1) is 0 Å². The first-order valence-corrected chi connectivity index (χ1v) is 7.38. The van der Waals surface area contributed by atoms with Crippen LogP contribution in [0, 0.1) is 5.41 Å². The Morgan fingerprint density at radius 2 is 1.96 bits per heavy atom. The quantitative estimate of drug-likeness (QED) is 0.605. The standard InChI is InChI=1S/C18H15N3O3/c1-22-15-6-4-12-13(19)8-16(24-17(12)18(15)23-2)10-3-5-14-11(7-10)9-20-21-14/h3-9,19H,1-2H3,(H,20,21). The van der Waals surface area contributed by atoms with E-state index in [-0.39, 0.29) is 0 Å². The van der Waals surface area contributed by atoms with Crippen LogP contribution in [0.1, 0.15) is 0 Å². The Bertz CT molecular complexity index is 1110. The van der Waals surface area contributed by atoms with Gasteiger partial charge in [-0.05, 0) is 30.3 Å². The number of fused-ring (bicyclic) bond motifs is 2. The van der Waals surface area contributed by atoms with E-state index in [4.69, 9.17) is 19.3 Å². The van der Waals surface area contributed by atoms with Gasteiger partial charge in [0.15, 0.2) is 11.3 Å². The molecular formula is C18H15N3O3. The van der Waals surface area contributed by atoms with Crippen LogP contribution in [0.5, 0.6) is 11.5 Å². The zero-order chi connectivity index (χ0) is 16.7. The summed E-state index contributed by atoms with van der Waals surface area (Å²) in [4.78, 5) is 0. The lowest BCUT2D eigenvalue weighted by Crippen LogP contribution is -2.02. The number of H-pyrrole nitrogens is 1. The van der Waals surface area contributed by atoms with Crippen LogP contribution in [-0.2, 0) is 0 Å². The van der Waals surface area contributed by atoms with Gasteiger partial charge in [0.25, 0.3) is 0 Å². The van der Waals surface area contributed by atoms with E-state index in [2.05, 4.69) is 10.2 Å². The molecule has 0 bridgehead atoms. The smallest absolute Gasteiger partial charge is 0.204 e. The van der Waals surface area contributed by atoms with Crippen LogP contribution in [0.15, 0.2) is 47.0 Å². The van der Waals surface area contributed by atoms with Gasteiger partial charge in [0, 0.05) is 22.4 Å². The second-order valence-corrected chi connectivity index (χ2v) is 5.37. The van der Waals surface area contributed by atoms with Crippen molar-refractivity contribution in [3.8, 4) is 22.8 Å². The molecule has 0 aliphatic rings. The fourth-order valence-electron chi connectivity index (χ4n) is 2.80. The molecule has 6 nitrogen and oxygen atoms in total. The zero-order valence-electron chi connectivity index (χ0n) is 13.2. The van der Waals surface area contributed by atoms with Crippen LogP contribution >= 0.6 is 0 Å². The number of rotatable bonds is 3. The second kappa shape index (κ2) is 5.42. The highest BCUT2D eigenvalue weighted by Gasteiger charge is 2.14. The van der Waals surface area contributed by atoms with Crippen LogP contribution in [0.4, 0.5) is 0 Å². The average molecular weight is 321 g/mol. The third-order valence-corrected chi connectivity index (χ3v) is 4.00. The monoisotopic (exact) mass is 321 g/mol. The number of aromatic amines is 1. The summed E-state index contributed by atoms with van der Waals surface area (Å²) >= 11 is 0. The van der Waals surface area contributed by atoms with E-state index < -0.39 is 0 Å². The number of benzene rings is 2. The molecule has 0 aliphatic heterocycles. The summed E-state index contributed by atoms with van der Waals surface area (Å²) in [7, 11) is 3.13. The number of ether oxygens (including phenoxy) is 2. The summed E-state index contributed by atoms with van der Waals surface area (Å²) in [6.07, 6.45) is 1.76. The van der Waals surface area contributed by atoms with E-state index >= 15 is 0 Å². The number of methoxy groups -OCH3 is 2. The highest BCUT2D eigenvalue weighted by Crippen LogP contribution is 2.36. The van der Waals surface area contributed by atoms with Crippen LogP contribution in [0.25, 0.3) is 33.2 Å². The van der Waals surface area contributed by atoms with E-state index in [0.717, 1.165) is 16.5 Å². The Kier molecular flexibility index (Phi) is 3.23. The molecule has 0 aliphatic carbocycles. The molecule has 0 radical (unpaired) electrons. The molecule has 4 rings (SSSR count).